The molecule has 1 saturated carbocycles. The minimum atomic E-state index is -4.51. The largest absolute Gasteiger partial charge is 0.433 e. The first-order valence-electron chi connectivity index (χ1n) is 8.11. The van der Waals surface area contributed by atoms with Gasteiger partial charge in [0.05, 0.1) is 0 Å². The minimum absolute atomic E-state index is 0.0278. The molecule has 0 unspecified atom stereocenters. The third-order valence-electron chi connectivity index (χ3n) is 4.09. The van der Waals surface area contributed by atoms with Crippen LogP contribution in [0.15, 0.2) is 34.8 Å². The fraction of sp³-hybridized carbons (Fsp3) is 0.412. The number of alkyl halides is 3. The molecule has 1 aliphatic rings. The summed E-state index contributed by atoms with van der Waals surface area (Å²) in [5, 5.41) is 5.98. The van der Waals surface area contributed by atoms with Gasteiger partial charge in [0.1, 0.15) is 5.82 Å². The van der Waals surface area contributed by atoms with E-state index in [-0.39, 0.29) is 17.8 Å². The highest BCUT2D eigenvalue weighted by molar-refractivity contribution is 9.10. The van der Waals surface area contributed by atoms with Crippen LogP contribution in [0.1, 0.15) is 36.9 Å². The Morgan fingerprint density at radius 2 is 1.76 bits per heavy atom. The molecule has 0 amide bonds. The number of hydrogen-bond donors (Lipinski definition) is 2. The normalized spacial score (nSPS) is 15.4. The molecule has 1 aromatic heterocycles. The van der Waals surface area contributed by atoms with E-state index in [2.05, 4.69) is 36.5 Å². The van der Waals surface area contributed by atoms with Crippen molar-refractivity contribution in [3.05, 3.63) is 46.1 Å². The van der Waals surface area contributed by atoms with E-state index < -0.39 is 11.9 Å². The molecule has 1 fully saturated rings. The number of halogens is 4. The fourth-order valence-electron chi connectivity index (χ4n) is 2.80. The van der Waals surface area contributed by atoms with E-state index in [1.165, 1.54) is 0 Å². The van der Waals surface area contributed by atoms with Gasteiger partial charge < -0.3 is 10.6 Å². The average molecular weight is 415 g/mol. The van der Waals surface area contributed by atoms with Crippen LogP contribution in [0.3, 0.4) is 0 Å². The molecule has 4 nitrogen and oxygen atoms in total. The number of anilines is 2. The van der Waals surface area contributed by atoms with Gasteiger partial charge in [0, 0.05) is 23.1 Å². The maximum absolute atomic E-state index is 13.1. The number of hydrogen-bond acceptors (Lipinski definition) is 4. The van der Waals surface area contributed by atoms with Gasteiger partial charge in [-0.15, -0.1) is 0 Å². The summed E-state index contributed by atoms with van der Waals surface area (Å²) in [6, 6.07) is 8.62. The average Bonchev–Trinajstić information content (AvgIpc) is 3.06. The van der Waals surface area contributed by atoms with Crippen molar-refractivity contribution in [1.29, 1.82) is 0 Å². The van der Waals surface area contributed by atoms with Gasteiger partial charge in [-0.25, -0.2) is 4.98 Å². The fourth-order valence-corrected chi connectivity index (χ4v) is 3.06. The van der Waals surface area contributed by atoms with Crippen LogP contribution in [-0.2, 0) is 12.7 Å². The van der Waals surface area contributed by atoms with Crippen LogP contribution in [0.25, 0.3) is 0 Å². The molecule has 0 spiro atoms. The molecule has 2 aromatic rings. The lowest BCUT2D eigenvalue weighted by Crippen LogP contribution is -2.19. The van der Waals surface area contributed by atoms with E-state index in [9.17, 15) is 13.2 Å². The second-order valence-corrected chi connectivity index (χ2v) is 6.98. The van der Waals surface area contributed by atoms with Gasteiger partial charge in [-0.05, 0) is 30.5 Å². The molecular formula is C17H18BrF3N4. The minimum Gasteiger partial charge on any atom is -0.366 e. The quantitative estimate of drug-likeness (QED) is 0.703. The zero-order chi connectivity index (χ0) is 17.9. The van der Waals surface area contributed by atoms with Gasteiger partial charge in [-0.3, -0.25) is 0 Å². The lowest BCUT2D eigenvalue weighted by molar-refractivity contribution is -0.141. The lowest BCUT2D eigenvalue weighted by atomic mass is 10.2. The Kier molecular flexibility index (Phi) is 5.46. The summed E-state index contributed by atoms with van der Waals surface area (Å²) < 4.78 is 40.3. The topological polar surface area (TPSA) is 49.8 Å². The first-order valence-corrected chi connectivity index (χ1v) is 8.90. The Balaban J connectivity index is 1.77. The van der Waals surface area contributed by atoms with Crippen molar-refractivity contribution in [3.8, 4) is 0 Å². The third kappa shape index (κ3) is 5.07. The highest BCUT2D eigenvalue weighted by atomic mass is 79.9. The molecular weight excluding hydrogens is 397 g/mol. The SMILES string of the molecule is FC(F)(F)c1cc(NCc2ccc(Br)cc2)nc(NC2CCCC2)n1. The van der Waals surface area contributed by atoms with E-state index in [0.29, 0.717) is 6.54 Å². The highest BCUT2D eigenvalue weighted by Gasteiger charge is 2.34. The van der Waals surface area contributed by atoms with Crippen LogP contribution in [0.5, 0.6) is 0 Å². The van der Waals surface area contributed by atoms with Crippen molar-refractivity contribution < 1.29 is 13.2 Å². The maximum Gasteiger partial charge on any atom is 0.433 e. The van der Waals surface area contributed by atoms with Crippen LogP contribution in [0.2, 0.25) is 0 Å². The van der Waals surface area contributed by atoms with Crippen molar-refractivity contribution >= 4 is 27.7 Å². The van der Waals surface area contributed by atoms with Crippen LogP contribution in [0, 0.1) is 0 Å². The zero-order valence-electron chi connectivity index (χ0n) is 13.4. The summed E-state index contributed by atoms with van der Waals surface area (Å²) >= 11 is 3.35. The number of aromatic nitrogens is 2. The van der Waals surface area contributed by atoms with Gasteiger partial charge in [0.25, 0.3) is 0 Å². The van der Waals surface area contributed by atoms with Gasteiger partial charge in [-0.2, -0.15) is 18.2 Å². The van der Waals surface area contributed by atoms with Gasteiger partial charge >= 0.3 is 6.18 Å². The molecule has 0 aliphatic heterocycles. The summed E-state index contributed by atoms with van der Waals surface area (Å²) in [4.78, 5) is 7.84. The standard InChI is InChI=1S/C17H18BrF3N4/c18-12-7-5-11(6-8-12)10-22-15-9-14(17(19,20)21)24-16(25-15)23-13-3-1-2-4-13/h5-9,13H,1-4,10H2,(H2,22,23,24,25). The first kappa shape index (κ1) is 18.0. The second kappa shape index (κ2) is 7.59. The van der Waals surface area contributed by atoms with Crippen molar-refractivity contribution in [2.75, 3.05) is 10.6 Å². The van der Waals surface area contributed by atoms with Crippen LogP contribution < -0.4 is 10.6 Å². The third-order valence-corrected chi connectivity index (χ3v) is 4.62. The predicted molar refractivity (Wildman–Crippen MR) is 94.4 cm³/mol. The summed E-state index contributed by atoms with van der Waals surface area (Å²) in [5.74, 6) is 0.186. The molecule has 0 bridgehead atoms. The first-order chi connectivity index (χ1) is 11.9. The molecule has 2 N–H and O–H groups in total. The number of rotatable bonds is 5. The monoisotopic (exact) mass is 414 g/mol. The molecule has 134 valence electrons. The van der Waals surface area contributed by atoms with E-state index in [1.807, 2.05) is 24.3 Å². The summed E-state index contributed by atoms with van der Waals surface area (Å²) in [7, 11) is 0. The Morgan fingerprint density at radius 1 is 1.08 bits per heavy atom. The van der Waals surface area contributed by atoms with Crippen molar-refractivity contribution in [2.45, 2.75) is 44.4 Å². The molecule has 1 aromatic carbocycles. The van der Waals surface area contributed by atoms with Crippen molar-refractivity contribution in [3.63, 3.8) is 0 Å². The molecule has 0 atom stereocenters. The Labute approximate surface area is 152 Å². The molecule has 8 heteroatoms. The Hall–Kier alpha value is -1.83. The Bertz CT molecular complexity index is 713. The van der Waals surface area contributed by atoms with E-state index in [0.717, 1.165) is 41.8 Å². The predicted octanol–water partition coefficient (Wildman–Crippen LogP) is 5.22. The van der Waals surface area contributed by atoms with Crippen LogP contribution in [0.4, 0.5) is 24.9 Å². The smallest absolute Gasteiger partial charge is 0.366 e. The van der Waals surface area contributed by atoms with E-state index in [1.54, 1.807) is 0 Å². The number of nitrogens with zero attached hydrogens (tertiary/aromatic N) is 2. The van der Waals surface area contributed by atoms with E-state index in [4.69, 9.17) is 0 Å². The second-order valence-electron chi connectivity index (χ2n) is 6.07. The molecule has 0 radical (unpaired) electrons. The van der Waals surface area contributed by atoms with Gasteiger partial charge in [0.15, 0.2) is 5.69 Å². The van der Waals surface area contributed by atoms with Crippen molar-refractivity contribution in [1.82, 2.24) is 9.97 Å². The summed E-state index contributed by atoms with van der Waals surface area (Å²) in [6.07, 6.45) is -0.498. The molecule has 1 aliphatic carbocycles. The summed E-state index contributed by atoms with van der Waals surface area (Å²) in [6.45, 7) is 0.379. The molecule has 0 saturated heterocycles. The Morgan fingerprint density at radius 3 is 2.40 bits per heavy atom. The maximum atomic E-state index is 13.1. The molecule has 25 heavy (non-hydrogen) atoms. The van der Waals surface area contributed by atoms with Crippen molar-refractivity contribution in [2.24, 2.45) is 0 Å². The van der Waals surface area contributed by atoms with Crippen LogP contribution >= 0.6 is 15.9 Å². The van der Waals surface area contributed by atoms with Gasteiger partial charge in [-0.1, -0.05) is 40.9 Å². The van der Waals surface area contributed by atoms with Gasteiger partial charge in [0.2, 0.25) is 5.95 Å². The molecule has 1 heterocycles. The number of nitrogens with one attached hydrogen (secondary N) is 2. The molecule has 3 rings (SSSR count). The highest BCUT2D eigenvalue weighted by Crippen LogP contribution is 2.30. The van der Waals surface area contributed by atoms with Crippen LogP contribution in [-0.4, -0.2) is 16.0 Å². The lowest BCUT2D eigenvalue weighted by Gasteiger charge is -2.15. The number of benzene rings is 1. The summed E-state index contributed by atoms with van der Waals surface area (Å²) in [5.41, 5.74) is 0.00183. The zero-order valence-corrected chi connectivity index (χ0v) is 15.0. The van der Waals surface area contributed by atoms with E-state index >= 15 is 0 Å².